The summed E-state index contributed by atoms with van der Waals surface area (Å²) in [7, 11) is -3.55. The largest absolute Gasteiger partial charge is 0.352 e. The predicted molar refractivity (Wildman–Crippen MR) is 149 cm³/mol. The molecule has 0 spiro atoms. The van der Waals surface area contributed by atoms with Gasteiger partial charge in [-0.3, -0.25) is 13.9 Å². The maximum absolute atomic E-state index is 13.5. The fourth-order valence-corrected chi connectivity index (χ4v) is 6.09. The summed E-state index contributed by atoms with van der Waals surface area (Å²) >= 11 is 12.8. The number of amides is 2. The third-order valence-electron chi connectivity index (χ3n) is 6.70. The first-order valence-electron chi connectivity index (χ1n) is 12.5. The monoisotopic (exact) mass is 567 g/mol. The maximum atomic E-state index is 13.5. The second-order valence-electron chi connectivity index (χ2n) is 9.67. The first-order chi connectivity index (χ1) is 17.5. The number of carbonyl (C=O) groups excluding carboxylic acids is 2. The Kier molecular flexibility index (Phi) is 10.3. The van der Waals surface area contributed by atoms with Gasteiger partial charge in [-0.25, -0.2) is 8.42 Å². The number of rotatable bonds is 11. The molecular weight excluding hydrogens is 533 g/mol. The Morgan fingerprint density at radius 2 is 1.70 bits per heavy atom. The SMILES string of the molecule is Cc1cccc(N(CCCC(=O)N(Cc2c(Cl)cccc2Cl)C(C)C(=O)NC2CCCC2)S(C)(=O)=O)c1. The molecule has 2 amide bonds. The molecule has 7 nitrogen and oxygen atoms in total. The van der Waals surface area contributed by atoms with Gasteiger partial charge >= 0.3 is 0 Å². The summed E-state index contributed by atoms with van der Waals surface area (Å²) in [5.74, 6) is -0.497. The Morgan fingerprint density at radius 1 is 1.08 bits per heavy atom. The summed E-state index contributed by atoms with van der Waals surface area (Å²) in [6.45, 7) is 3.80. The Hall–Kier alpha value is -2.29. The van der Waals surface area contributed by atoms with Crippen molar-refractivity contribution in [2.75, 3.05) is 17.1 Å². The van der Waals surface area contributed by atoms with Gasteiger partial charge < -0.3 is 10.2 Å². The molecule has 1 aliphatic rings. The van der Waals surface area contributed by atoms with Crippen molar-refractivity contribution in [1.82, 2.24) is 10.2 Å². The standard InChI is InChI=1S/C27H35Cl2N3O4S/c1-19-9-6-12-22(17-19)32(37(3,35)36)16-8-15-26(33)31(18-23-24(28)13-7-14-25(23)29)20(2)27(34)30-21-10-4-5-11-21/h6-7,9,12-14,17,20-21H,4-5,8,10-11,15-16,18H2,1-3H3,(H,30,34). The first-order valence-corrected chi connectivity index (χ1v) is 15.1. The van der Waals surface area contributed by atoms with Crippen LogP contribution in [0.2, 0.25) is 10.0 Å². The van der Waals surface area contributed by atoms with E-state index in [2.05, 4.69) is 5.32 Å². The molecule has 1 saturated carbocycles. The molecule has 37 heavy (non-hydrogen) atoms. The van der Waals surface area contributed by atoms with Crippen LogP contribution in [-0.2, 0) is 26.2 Å². The van der Waals surface area contributed by atoms with Crippen LogP contribution in [-0.4, -0.2) is 50.0 Å². The molecule has 0 heterocycles. The smallest absolute Gasteiger partial charge is 0.242 e. The molecule has 0 aromatic heterocycles. The Bertz CT molecular complexity index is 1200. The van der Waals surface area contributed by atoms with E-state index in [1.807, 2.05) is 13.0 Å². The zero-order valence-corrected chi connectivity index (χ0v) is 23.9. The average Bonchev–Trinajstić information content (AvgIpc) is 3.33. The molecule has 0 bridgehead atoms. The number of sulfonamides is 1. The van der Waals surface area contributed by atoms with Crippen LogP contribution in [0, 0.1) is 6.92 Å². The predicted octanol–water partition coefficient (Wildman–Crippen LogP) is 5.32. The van der Waals surface area contributed by atoms with E-state index in [1.165, 1.54) is 9.21 Å². The number of halogens is 2. The number of carbonyl (C=O) groups is 2. The Balaban J connectivity index is 1.76. The topological polar surface area (TPSA) is 86.8 Å². The van der Waals surface area contributed by atoms with E-state index in [1.54, 1.807) is 43.3 Å². The van der Waals surface area contributed by atoms with Crippen molar-refractivity contribution in [3.05, 3.63) is 63.6 Å². The number of anilines is 1. The van der Waals surface area contributed by atoms with E-state index in [4.69, 9.17) is 23.2 Å². The van der Waals surface area contributed by atoms with E-state index in [9.17, 15) is 18.0 Å². The Morgan fingerprint density at radius 3 is 2.30 bits per heavy atom. The highest BCUT2D eigenvalue weighted by molar-refractivity contribution is 7.92. The third kappa shape index (κ3) is 8.09. The number of nitrogens with zero attached hydrogens (tertiary/aromatic N) is 2. The summed E-state index contributed by atoms with van der Waals surface area (Å²) in [5.41, 5.74) is 2.06. The number of benzene rings is 2. The van der Waals surface area contributed by atoms with Crippen LogP contribution in [0.25, 0.3) is 0 Å². The Labute approximate surface area is 230 Å². The molecule has 3 rings (SSSR count). The van der Waals surface area contributed by atoms with Crippen LogP contribution in [0.5, 0.6) is 0 Å². The van der Waals surface area contributed by atoms with Crippen molar-refractivity contribution in [2.24, 2.45) is 0 Å². The van der Waals surface area contributed by atoms with Gasteiger partial charge in [-0.2, -0.15) is 0 Å². The molecule has 1 fully saturated rings. The van der Waals surface area contributed by atoms with Gasteiger partial charge in [-0.1, -0.05) is 54.2 Å². The molecule has 2 aromatic carbocycles. The second kappa shape index (κ2) is 13.0. The minimum absolute atomic E-state index is 0.0565. The maximum Gasteiger partial charge on any atom is 0.242 e. The first kappa shape index (κ1) is 29.3. The zero-order valence-electron chi connectivity index (χ0n) is 21.5. The van der Waals surface area contributed by atoms with E-state index < -0.39 is 16.1 Å². The lowest BCUT2D eigenvalue weighted by atomic mass is 10.1. The summed E-state index contributed by atoms with van der Waals surface area (Å²) in [5, 5.41) is 3.89. The number of aryl methyl sites for hydroxylation is 1. The highest BCUT2D eigenvalue weighted by atomic mass is 35.5. The van der Waals surface area contributed by atoms with E-state index in [0.29, 0.717) is 21.3 Å². The third-order valence-corrected chi connectivity index (χ3v) is 8.60. The van der Waals surface area contributed by atoms with Crippen molar-refractivity contribution < 1.29 is 18.0 Å². The summed E-state index contributed by atoms with van der Waals surface area (Å²) < 4.78 is 26.3. The van der Waals surface area contributed by atoms with Crippen molar-refractivity contribution in [2.45, 2.75) is 71.0 Å². The molecule has 0 radical (unpaired) electrons. The second-order valence-corrected chi connectivity index (χ2v) is 12.4. The lowest BCUT2D eigenvalue weighted by Gasteiger charge is -2.31. The molecule has 202 valence electrons. The van der Waals surface area contributed by atoms with Crippen molar-refractivity contribution in [1.29, 1.82) is 0 Å². The molecule has 1 N–H and O–H groups in total. The van der Waals surface area contributed by atoms with Gasteiger partial charge in [0.05, 0.1) is 11.9 Å². The lowest BCUT2D eigenvalue weighted by Crippen LogP contribution is -2.49. The van der Waals surface area contributed by atoms with Crippen LogP contribution in [0.1, 0.15) is 56.6 Å². The summed E-state index contributed by atoms with van der Waals surface area (Å²) in [4.78, 5) is 28.0. The average molecular weight is 569 g/mol. The van der Waals surface area contributed by atoms with Crippen molar-refractivity contribution in [3.63, 3.8) is 0 Å². The quantitative estimate of drug-likeness (QED) is 0.398. The van der Waals surface area contributed by atoms with Crippen LogP contribution >= 0.6 is 23.2 Å². The molecular formula is C27H35Cl2N3O4S. The molecule has 0 aliphatic heterocycles. The van der Waals surface area contributed by atoms with Gasteiger partial charge in [0, 0.05) is 41.2 Å². The zero-order chi connectivity index (χ0) is 27.2. The van der Waals surface area contributed by atoms with Gasteiger partial charge in [0.15, 0.2) is 0 Å². The van der Waals surface area contributed by atoms with E-state index >= 15 is 0 Å². The fourth-order valence-electron chi connectivity index (χ4n) is 4.62. The molecule has 2 aromatic rings. The van der Waals surface area contributed by atoms with Gasteiger partial charge in [-0.05, 0) is 62.9 Å². The van der Waals surface area contributed by atoms with E-state index in [-0.39, 0.29) is 43.8 Å². The highest BCUT2D eigenvalue weighted by Crippen LogP contribution is 2.27. The molecule has 0 saturated heterocycles. The number of hydrogen-bond acceptors (Lipinski definition) is 4. The number of hydrogen-bond donors (Lipinski definition) is 1. The van der Waals surface area contributed by atoms with Gasteiger partial charge in [0.1, 0.15) is 6.04 Å². The van der Waals surface area contributed by atoms with Crippen LogP contribution in [0.3, 0.4) is 0 Å². The molecule has 1 atom stereocenters. The molecule has 1 aliphatic carbocycles. The molecule has 1 unspecified atom stereocenters. The normalized spacial score (nSPS) is 14.8. The minimum atomic E-state index is -3.55. The van der Waals surface area contributed by atoms with E-state index in [0.717, 1.165) is 37.5 Å². The van der Waals surface area contributed by atoms with Crippen molar-refractivity contribution >= 4 is 50.7 Å². The van der Waals surface area contributed by atoms with Gasteiger partial charge in [-0.15, -0.1) is 0 Å². The minimum Gasteiger partial charge on any atom is -0.352 e. The number of nitrogens with one attached hydrogen (secondary N) is 1. The van der Waals surface area contributed by atoms with Crippen LogP contribution in [0.15, 0.2) is 42.5 Å². The van der Waals surface area contributed by atoms with Crippen LogP contribution in [0.4, 0.5) is 5.69 Å². The van der Waals surface area contributed by atoms with Gasteiger partial charge in [0.2, 0.25) is 21.8 Å². The van der Waals surface area contributed by atoms with Crippen LogP contribution < -0.4 is 9.62 Å². The highest BCUT2D eigenvalue weighted by Gasteiger charge is 2.29. The fraction of sp³-hybridized carbons (Fsp3) is 0.481. The van der Waals surface area contributed by atoms with Gasteiger partial charge in [0.25, 0.3) is 0 Å². The van der Waals surface area contributed by atoms with Crippen molar-refractivity contribution in [3.8, 4) is 0 Å². The summed E-state index contributed by atoms with van der Waals surface area (Å²) in [6.07, 6.45) is 5.51. The molecule has 10 heteroatoms. The summed E-state index contributed by atoms with van der Waals surface area (Å²) in [6, 6.07) is 11.7. The lowest BCUT2D eigenvalue weighted by molar-refractivity contribution is -0.140.